The molecule has 0 aromatic heterocycles. The minimum Gasteiger partial charge on any atom is -0.266 e. The van der Waals surface area contributed by atoms with Crippen LogP contribution in [0, 0.1) is 9.56 Å². The molecule has 0 aliphatic heterocycles. The van der Waals surface area contributed by atoms with Gasteiger partial charge in [-0.2, -0.15) is 0 Å². The Labute approximate surface area is 75.2 Å². The summed E-state index contributed by atoms with van der Waals surface area (Å²) in [6, 6.07) is 7.40. The van der Waals surface area contributed by atoms with Crippen molar-refractivity contribution in [3.05, 3.63) is 28.7 Å². The lowest BCUT2D eigenvalue weighted by Gasteiger charge is -2.03. The molecule has 2 nitrogen and oxygen atoms in total. The van der Waals surface area contributed by atoms with E-state index in [1.54, 1.807) is 6.26 Å². The lowest BCUT2D eigenvalue weighted by atomic mass is 10.4. The zero-order chi connectivity index (χ0) is 8.48. The Morgan fingerprint density at radius 2 is 2.00 bits per heavy atom. The van der Waals surface area contributed by atoms with Gasteiger partial charge >= 0.3 is 0 Å². The highest BCUT2D eigenvalue weighted by Crippen LogP contribution is 2.16. The Balaban J connectivity index is 3.28. The fourth-order valence-corrected chi connectivity index (χ4v) is 1.99. The lowest BCUT2D eigenvalue weighted by Crippen LogP contribution is -1.91. The molecule has 1 aromatic carbocycles. The highest BCUT2D eigenvalue weighted by Gasteiger charge is 1.97. The third-order valence-electron chi connectivity index (χ3n) is 1.27. The first kappa shape index (κ1) is 8.74. The minimum absolute atomic E-state index is 0.784. The summed E-state index contributed by atoms with van der Waals surface area (Å²) in [5.74, 6) is 0. The average Bonchev–Trinajstić information content (AvgIpc) is 1.86. The van der Waals surface area contributed by atoms with Gasteiger partial charge in [0.2, 0.25) is 0 Å². The Bertz CT molecular complexity index is 356. The summed E-state index contributed by atoms with van der Waals surface area (Å²) in [5, 5.41) is 0. The minimum atomic E-state index is -2.06. The van der Waals surface area contributed by atoms with E-state index < -0.39 is 9.62 Å². The molecule has 1 rings (SSSR count). The van der Waals surface area contributed by atoms with Crippen molar-refractivity contribution in [2.75, 3.05) is 6.26 Å². The third-order valence-corrected chi connectivity index (χ3v) is 2.96. The van der Waals surface area contributed by atoms with Crippen molar-refractivity contribution >= 4 is 25.6 Å². The van der Waals surface area contributed by atoms with Crippen molar-refractivity contribution < 1.29 is 0 Å². The summed E-state index contributed by atoms with van der Waals surface area (Å²) in [6.45, 7) is 0. The maximum Gasteiger partial charge on any atom is 0.0284 e. The first-order valence-corrected chi connectivity index (χ1v) is 5.87. The highest BCUT2D eigenvalue weighted by atomic mass is 79.9. The molecule has 4 heteroatoms. The van der Waals surface area contributed by atoms with Crippen LogP contribution in [-0.4, -0.2) is 6.26 Å². The molecule has 0 radical (unpaired) electrons. The zero-order valence-corrected chi connectivity index (χ0v) is 8.50. The SMILES string of the molecule is CS(=N)(=N)c1cccc(Br)c1. The second kappa shape index (κ2) is 2.95. The molecule has 0 heterocycles. The summed E-state index contributed by atoms with van der Waals surface area (Å²) in [7, 11) is -2.06. The summed E-state index contributed by atoms with van der Waals surface area (Å²) in [5.41, 5.74) is 0. The number of hydrogen-bond acceptors (Lipinski definition) is 2. The topological polar surface area (TPSA) is 47.7 Å². The first-order valence-electron chi connectivity index (χ1n) is 3.03. The van der Waals surface area contributed by atoms with Gasteiger partial charge in [0.25, 0.3) is 0 Å². The monoisotopic (exact) mass is 232 g/mol. The number of nitrogens with one attached hydrogen (secondary N) is 2. The molecular formula is C7H9BrN2S. The molecule has 0 unspecified atom stereocenters. The summed E-state index contributed by atoms with van der Waals surface area (Å²) in [4.78, 5) is 0.784. The smallest absolute Gasteiger partial charge is 0.0284 e. The summed E-state index contributed by atoms with van der Waals surface area (Å²) < 4.78 is 15.9. The van der Waals surface area contributed by atoms with Crippen LogP contribution in [0.4, 0.5) is 0 Å². The third kappa shape index (κ3) is 2.31. The average molecular weight is 233 g/mol. The molecule has 0 saturated carbocycles. The molecule has 0 aliphatic carbocycles. The van der Waals surface area contributed by atoms with Crippen molar-refractivity contribution in [2.24, 2.45) is 0 Å². The van der Waals surface area contributed by atoms with Gasteiger partial charge in [-0.25, -0.2) is 0 Å². The van der Waals surface area contributed by atoms with Gasteiger partial charge in [0.15, 0.2) is 0 Å². The van der Waals surface area contributed by atoms with Gasteiger partial charge in [0, 0.05) is 15.6 Å². The van der Waals surface area contributed by atoms with E-state index in [1.807, 2.05) is 24.3 Å². The van der Waals surface area contributed by atoms with E-state index in [0.717, 1.165) is 9.37 Å². The van der Waals surface area contributed by atoms with E-state index in [0.29, 0.717) is 0 Å². The molecule has 0 fully saturated rings. The van der Waals surface area contributed by atoms with E-state index in [2.05, 4.69) is 15.9 Å². The Hall–Kier alpha value is -0.350. The molecule has 0 bridgehead atoms. The van der Waals surface area contributed by atoms with Gasteiger partial charge in [-0.05, 0) is 27.8 Å². The van der Waals surface area contributed by atoms with Crippen LogP contribution in [0.25, 0.3) is 0 Å². The van der Waals surface area contributed by atoms with Gasteiger partial charge in [0.1, 0.15) is 0 Å². The molecule has 1 aromatic rings. The largest absolute Gasteiger partial charge is 0.266 e. The van der Waals surface area contributed by atoms with Crippen LogP contribution in [0.5, 0.6) is 0 Å². The van der Waals surface area contributed by atoms with Crippen LogP contribution in [0.2, 0.25) is 0 Å². The normalized spacial score (nSPS) is 11.5. The van der Waals surface area contributed by atoms with E-state index in [4.69, 9.17) is 9.56 Å². The van der Waals surface area contributed by atoms with E-state index in [1.165, 1.54) is 0 Å². The number of benzene rings is 1. The van der Waals surface area contributed by atoms with Crippen LogP contribution < -0.4 is 0 Å². The molecule has 60 valence electrons. The molecule has 0 amide bonds. The Morgan fingerprint density at radius 1 is 1.36 bits per heavy atom. The van der Waals surface area contributed by atoms with Gasteiger partial charge < -0.3 is 0 Å². The molecule has 0 saturated heterocycles. The Kier molecular flexibility index (Phi) is 2.34. The van der Waals surface area contributed by atoms with Crippen LogP contribution in [0.15, 0.2) is 33.6 Å². The van der Waals surface area contributed by atoms with Crippen molar-refractivity contribution in [3.8, 4) is 0 Å². The molecule has 2 N–H and O–H groups in total. The van der Waals surface area contributed by atoms with Crippen molar-refractivity contribution in [1.29, 1.82) is 9.56 Å². The van der Waals surface area contributed by atoms with Gasteiger partial charge in [-0.3, -0.25) is 9.56 Å². The highest BCUT2D eigenvalue weighted by molar-refractivity contribution is 9.10. The van der Waals surface area contributed by atoms with E-state index in [-0.39, 0.29) is 0 Å². The predicted molar refractivity (Wildman–Crippen MR) is 51.1 cm³/mol. The molecule has 0 aliphatic rings. The van der Waals surface area contributed by atoms with E-state index >= 15 is 0 Å². The van der Waals surface area contributed by atoms with Crippen LogP contribution in [-0.2, 0) is 9.62 Å². The van der Waals surface area contributed by atoms with Gasteiger partial charge in [-0.15, -0.1) is 0 Å². The molecular weight excluding hydrogens is 224 g/mol. The van der Waals surface area contributed by atoms with Gasteiger partial charge in [-0.1, -0.05) is 22.0 Å². The molecule has 0 spiro atoms. The maximum atomic E-state index is 7.50. The van der Waals surface area contributed by atoms with Crippen LogP contribution in [0.1, 0.15) is 0 Å². The van der Waals surface area contributed by atoms with Crippen molar-refractivity contribution in [2.45, 2.75) is 4.90 Å². The number of rotatable bonds is 1. The second-order valence-electron chi connectivity index (χ2n) is 2.38. The quantitative estimate of drug-likeness (QED) is 0.748. The molecule has 0 atom stereocenters. The molecule has 11 heavy (non-hydrogen) atoms. The Morgan fingerprint density at radius 3 is 2.36 bits per heavy atom. The number of hydrogen-bond donors (Lipinski definition) is 2. The van der Waals surface area contributed by atoms with E-state index in [9.17, 15) is 0 Å². The van der Waals surface area contributed by atoms with Crippen molar-refractivity contribution in [1.82, 2.24) is 0 Å². The predicted octanol–water partition coefficient (Wildman–Crippen LogP) is 3.12. The fraction of sp³-hybridized carbons (Fsp3) is 0.143. The first-order chi connectivity index (χ1) is 5.00. The second-order valence-corrected chi connectivity index (χ2v) is 5.60. The number of halogens is 1. The van der Waals surface area contributed by atoms with Crippen molar-refractivity contribution in [3.63, 3.8) is 0 Å². The fourth-order valence-electron chi connectivity index (χ4n) is 0.721. The zero-order valence-electron chi connectivity index (χ0n) is 6.10. The van der Waals surface area contributed by atoms with Crippen LogP contribution in [0.3, 0.4) is 0 Å². The maximum absolute atomic E-state index is 7.50. The van der Waals surface area contributed by atoms with Crippen LogP contribution >= 0.6 is 15.9 Å². The summed E-state index contributed by atoms with van der Waals surface area (Å²) >= 11 is 3.30. The van der Waals surface area contributed by atoms with Gasteiger partial charge in [0.05, 0.1) is 0 Å². The standard InChI is InChI=1S/C7H9BrN2S/c1-11(9,10)7-4-2-3-6(8)5-7/h2-5,9-10H,1H3. The summed E-state index contributed by atoms with van der Waals surface area (Å²) in [6.07, 6.45) is 1.63. The lowest BCUT2D eigenvalue weighted by molar-refractivity contribution is 1.36.